The van der Waals surface area contributed by atoms with Gasteiger partial charge in [0.1, 0.15) is 11.5 Å². The number of rotatable bonds is 3. The molecule has 0 radical (unpaired) electrons. The normalized spacial score (nSPS) is 13.0. The van der Waals surface area contributed by atoms with Crippen LogP contribution in [0.25, 0.3) is 0 Å². The van der Waals surface area contributed by atoms with E-state index in [0.29, 0.717) is 11.4 Å². The van der Waals surface area contributed by atoms with E-state index in [4.69, 9.17) is 21.8 Å². The Hall–Kier alpha value is -1.26. The maximum atomic E-state index is 6.23. The van der Waals surface area contributed by atoms with E-state index in [-0.39, 0.29) is 6.04 Å². The van der Waals surface area contributed by atoms with Crippen molar-refractivity contribution in [3.8, 4) is 0 Å². The second kappa shape index (κ2) is 4.78. The van der Waals surface area contributed by atoms with Gasteiger partial charge in [0.05, 0.1) is 16.4 Å². The zero-order valence-corrected chi connectivity index (χ0v) is 11.9. The Morgan fingerprint density at radius 2 is 2.11 bits per heavy atom. The standard InChI is InChI=1S/C13H18ClN3O/c1-7-5-10(9(3)18-7)11(15)6-12-13(14)8(2)16-17(12)4/h5,11H,6,15H2,1-4H3. The van der Waals surface area contributed by atoms with Crippen molar-refractivity contribution in [3.05, 3.63) is 39.6 Å². The van der Waals surface area contributed by atoms with Gasteiger partial charge in [-0.2, -0.15) is 5.10 Å². The third kappa shape index (κ3) is 2.31. The zero-order chi connectivity index (χ0) is 13.4. The van der Waals surface area contributed by atoms with Gasteiger partial charge in [0.25, 0.3) is 0 Å². The van der Waals surface area contributed by atoms with Gasteiger partial charge in [0.2, 0.25) is 0 Å². The molecule has 2 heterocycles. The average Bonchev–Trinajstić information content (AvgIpc) is 2.73. The van der Waals surface area contributed by atoms with Crippen LogP contribution in [0, 0.1) is 20.8 Å². The van der Waals surface area contributed by atoms with Gasteiger partial charge in [-0.15, -0.1) is 0 Å². The lowest BCUT2D eigenvalue weighted by Gasteiger charge is -2.11. The molecule has 0 fully saturated rings. The van der Waals surface area contributed by atoms with E-state index in [1.807, 2.05) is 33.9 Å². The van der Waals surface area contributed by atoms with Crippen LogP contribution in [0.4, 0.5) is 0 Å². The third-order valence-electron chi connectivity index (χ3n) is 3.15. The van der Waals surface area contributed by atoms with Crippen molar-refractivity contribution in [1.29, 1.82) is 0 Å². The summed E-state index contributed by atoms with van der Waals surface area (Å²) in [5.41, 5.74) is 9.05. The molecule has 2 aromatic rings. The minimum atomic E-state index is -0.130. The van der Waals surface area contributed by atoms with Gasteiger partial charge >= 0.3 is 0 Å². The molecule has 0 aliphatic carbocycles. The van der Waals surface area contributed by atoms with Gasteiger partial charge in [0.15, 0.2) is 0 Å². The molecule has 1 unspecified atom stereocenters. The van der Waals surface area contributed by atoms with Crippen LogP contribution < -0.4 is 5.73 Å². The SMILES string of the molecule is Cc1cc(C(N)Cc2c(Cl)c(C)nn2C)c(C)o1. The van der Waals surface area contributed by atoms with E-state index in [2.05, 4.69) is 5.10 Å². The maximum absolute atomic E-state index is 6.23. The zero-order valence-electron chi connectivity index (χ0n) is 11.1. The quantitative estimate of drug-likeness (QED) is 0.930. The number of furan rings is 1. The first kappa shape index (κ1) is 13.2. The van der Waals surface area contributed by atoms with Crippen molar-refractivity contribution in [3.63, 3.8) is 0 Å². The predicted molar refractivity (Wildman–Crippen MR) is 71.8 cm³/mol. The van der Waals surface area contributed by atoms with E-state index in [1.54, 1.807) is 4.68 Å². The highest BCUT2D eigenvalue weighted by atomic mass is 35.5. The Balaban J connectivity index is 2.26. The van der Waals surface area contributed by atoms with Crippen LogP contribution in [0.5, 0.6) is 0 Å². The van der Waals surface area contributed by atoms with E-state index in [0.717, 1.165) is 28.5 Å². The fourth-order valence-electron chi connectivity index (χ4n) is 2.24. The summed E-state index contributed by atoms with van der Waals surface area (Å²) < 4.78 is 7.30. The second-order valence-corrected chi connectivity index (χ2v) is 5.03. The van der Waals surface area contributed by atoms with Crippen LogP contribution in [0.1, 0.15) is 34.5 Å². The lowest BCUT2D eigenvalue weighted by Crippen LogP contribution is -2.16. The Morgan fingerprint density at radius 3 is 2.56 bits per heavy atom. The molecule has 0 aliphatic rings. The molecule has 0 aromatic carbocycles. The summed E-state index contributed by atoms with van der Waals surface area (Å²) in [7, 11) is 1.88. The van der Waals surface area contributed by atoms with Crippen LogP contribution in [-0.2, 0) is 13.5 Å². The number of hydrogen-bond acceptors (Lipinski definition) is 3. The van der Waals surface area contributed by atoms with Crippen molar-refractivity contribution in [2.45, 2.75) is 33.2 Å². The van der Waals surface area contributed by atoms with Gasteiger partial charge in [-0.3, -0.25) is 4.68 Å². The highest BCUT2D eigenvalue weighted by Crippen LogP contribution is 2.27. The molecule has 1 atom stereocenters. The minimum Gasteiger partial charge on any atom is -0.466 e. The predicted octanol–water partition coefficient (Wildman–Crippen LogP) is 2.83. The molecule has 0 amide bonds. The van der Waals surface area contributed by atoms with E-state index in [9.17, 15) is 0 Å². The molecule has 0 bridgehead atoms. The van der Waals surface area contributed by atoms with Gasteiger partial charge in [-0.1, -0.05) is 11.6 Å². The minimum absolute atomic E-state index is 0.130. The molecule has 98 valence electrons. The lowest BCUT2D eigenvalue weighted by molar-refractivity contribution is 0.496. The number of aromatic nitrogens is 2. The average molecular weight is 268 g/mol. The summed E-state index contributed by atoms with van der Waals surface area (Å²) in [6.07, 6.45) is 0.649. The maximum Gasteiger partial charge on any atom is 0.105 e. The van der Waals surface area contributed by atoms with Crippen molar-refractivity contribution in [2.24, 2.45) is 12.8 Å². The first-order valence-corrected chi connectivity index (χ1v) is 6.28. The summed E-state index contributed by atoms with van der Waals surface area (Å²) in [6, 6.07) is 1.85. The Labute approximate surface area is 112 Å². The summed E-state index contributed by atoms with van der Waals surface area (Å²) in [6.45, 7) is 5.74. The highest BCUT2D eigenvalue weighted by molar-refractivity contribution is 6.31. The third-order valence-corrected chi connectivity index (χ3v) is 3.65. The van der Waals surface area contributed by atoms with Crippen molar-refractivity contribution >= 4 is 11.6 Å². The topological polar surface area (TPSA) is 57.0 Å². The van der Waals surface area contributed by atoms with Crippen molar-refractivity contribution in [2.75, 3.05) is 0 Å². The Morgan fingerprint density at radius 1 is 1.44 bits per heavy atom. The van der Waals surface area contributed by atoms with Crippen LogP contribution in [0.15, 0.2) is 10.5 Å². The Bertz CT molecular complexity index is 571. The van der Waals surface area contributed by atoms with E-state index in [1.165, 1.54) is 0 Å². The van der Waals surface area contributed by atoms with E-state index >= 15 is 0 Å². The second-order valence-electron chi connectivity index (χ2n) is 4.65. The molecule has 0 aliphatic heterocycles. The van der Waals surface area contributed by atoms with Crippen LogP contribution in [-0.4, -0.2) is 9.78 Å². The molecule has 4 nitrogen and oxygen atoms in total. The molecule has 0 saturated heterocycles. The van der Waals surface area contributed by atoms with Crippen LogP contribution in [0.2, 0.25) is 5.02 Å². The molecule has 18 heavy (non-hydrogen) atoms. The van der Waals surface area contributed by atoms with Gasteiger partial charge in [0, 0.05) is 25.1 Å². The number of nitrogens with zero attached hydrogens (tertiary/aromatic N) is 2. The van der Waals surface area contributed by atoms with E-state index < -0.39 is 0 Å². The largest absolute Gasteiger partial charge is 0.466 e. The molecular formula is C13H18ClN3O. The molecule has 0 spiro atoms. The highest BCUT2D eigenvalue weighted by Gasteiger charge is 2.18. The van der Waals surface area contributed by atoms with Crippen molar-refractivity contribution < 1.29 is 4.42 Å². The van der Waals surface area contributed by atoms with Gasteiger partial charge in [-0.25, -0.2) is 0 Å². The fraction of sp³-hybridized carbons (Fsp3) is 0.462. The molecule has 2 rings (SSSR count). The number of halogens is 1. The number of hydrogen-bond donors (Lipinski definition) is 1. The smallest absolute Gasteiger partial charge is 0.105 e. The lowest BCUT2D eigenvalue weighted by atomic mass is 10.0. The summed E-state index contributed by atoms with van der Waals surface area (Å²) >= 11 is 6.23. The fourth-order valence-corrected chi connectivity index (χ4v) is 2.48. The molecule has 2 N–H and O–H groups in total. The van der Waals surface area contributed by atoms with Gasteiger partial charge < -0.3 is 10.2 Å². The molecule has 2 aromatic heterocycles. The first-order valence-electron chi connectivity index (χ1n) is 5.90. The van der Waals surface area contributed by atoms with Gasteiger partial charge in [-0.05, 0) is 26.8 Å². The van der Waals surface area contributed by atoms with Crippen LogP contribution >= 0.6 is 11.6 Å². The first-order chi connectivity index (χ1) is 8.40. The monoisotopic (exact) mass is 267 g/mol. The number of aryl methyl sites for hydroxylation is 4. The number of nitrogens with two attached hydrogens (primary N) is 1. The summed E-state index contributed by atoms with van der Waals surface area (Å²) in [4.78, 5) is 0. The molecule has 5 heteroatoms. The van der Waals surface area contributed by atoms with Crippen molar-refractivity contribution in [1.82, 2.24) is 9.78 Å². The summed E-state index contributed by atoms with van der Waals surface area (Å²) in [5, 5.41) is 4.99. The molecular weight excluding hydrogens is 250 g/mol. The molecule has 0 saturated carbocycles. The van der Waals surface area contributed by atoms with Crippen LogP contribution in [0.3, 0.4) is 0 Å². The Kier molecular flexibility index (Phi) is 3.50. The summed E-state index contributed by atoms with van der Waals surface area (Å²) in [5.74, 6) is 1.75.